The van der Waals surface area contributed by atoms with E-state index in [0.29, 0.717) is 5.41 Å². The number of thioether (sulfide) groups is 1. The van der Waals surface area contributed by atoms with Crippen molar-refractivity contribution in [2.45, 2.75) is 52.2 Å². The van der Waals surface area contributed by atoms with E-state index in [1.165, 1.54) is 19.3 Å². The minimum atomic E-state index is 0.555. The van der Waals surface area contributed by atoms with E-state index in [4.69, 9.17) is 0 Å². The summed E-state index contributed by atoms with van der Waals surface area (Å²) in [4.78, 5) is 0. The van der Waals surface area contributed by atoms with Crippen LogP contribution in [0.5, 0.6) is 0 Å². The van der Waals surface area contributed by atoms with Gasteiger partial charge in [-0.1, -0.05) is 34.1 Å². The third kappa shape index (κ3) is 2.06. The summed E-state index contributed by atoms with van der Waals surface area (Å²) >= 11 is 2.09. The molecule has 1 saturated carbocycles. The van der Waals surface area contributed by atoms with Crippen molar-refractivity contribution in [3.8, 4) is 0 Å². The topological polar surface area (TPSA) is 0 Å². The van der Waals surface area contributed by atoms with Crippen LogP contribution in [0.25, 0.3) is 0 Å². The van der Waals surface area contributed by atoms with Crippen molar-refractivity contribution in [3.63, 3.8) is 0 Å². The summed E-state index contributed by atoms with van der Waals surface area (Å²) in [7, 11) is 0. The van der Waals surface area contributed by atoms with E-state index in [1.54, 1.807) is 0 Å². The van der Waals surface area contributed by atoms with E-state index in [1.807, 2.05) is 0 Å². The zero-order valence-corrected chi connectivity index (χ0v) is 10.6. The summed E-state index contributed by atoms with van der Waals surface area (Å²) < 4.78 is 0. The molecule has 1 heteroatoms. The van der Waals surface area contributed by atoms with Crippen molar-refractivity contribution in [2.24, 2.45) is 17.3 Å². The molecule has 0 bridgehead atoms. The van der Waals surface area contributed by atoms with Crippen LogP contribution in [-0.4, -0.2) is 11.5 Å². The van der Waals surface area contributed by atoms with Gasteiger partial charge in [-0.3, -0.25) is 0 Å². The van der Waals surface area contributed by atoms with E-state index in [-0.39, 0.29) is 0 Å². The second-order valence-corrected chi connectivity index (χ2v) is 6.14. The van der Waals surface area contributed by atoms with Crippen LogP contribution in [0.1, 0.15) is 47.0 Å². The van der Waals surface area contributed by atoms with Crippen molar-refractivity contribution < 1.29 is 0 Å². The third-order valence-electron chi connectivity index (χ3n) is 4.00. The first-order chi connectivity index (χ1) is 6.04. The largest absolute Gasteiger partial charge is 0.161 e. The molecule has 3 atom stereocenters. The molecular weight excluding hydrogens is 176 g/mol. The van der Waals surface area contributed by atoms with Gasteiger partial charge >= 0.3 is 0 Å². The van der Waals surface area contributed by atoms with Gasteiger partial charge in [-0.05, 0) is 36.3 Å². The highest BCUT2D eigenvalue weighted by Gasteiger charge is 2.45. The molecule has 1 rings (SSSR count). The van der Waals surface area contributed by atoms with Gasteiger partial charge in [0.25, 0.3) is 0 Å². The first-order valence-corrected chi connectivity index (χ1v) is 6.85. The molecule has 0 nitrogen and oxygen atoms in total. The summed E-state index contributed by atoms with van der Waals surface area (Å²) in [5.41, 5.74) is 0.555. The SMILES string of the molecule is CCC[C@H]1CC(C)C(C)(C)C1SC. The summed E-state index contributed by atoms with van der Waals surface area (Å²) in [6, 6.07) is 0. The van der Waals surface area contributed by atoms with E-state index in [0.717, 1.165) is 17.1 Å². The van der Waals surface area contributed by atoms with Crippen molar-refractivity contribution in [2.75, 3.05) is 6.26 Å². The molecular formula is C12H24S. The lowest BCUT2D eigenvalue weighted by molar-refractivity contribution is 0.286. The Kier molecular flexibility index (Phi) is 3.73. The Morgan fingerprint density at radius 2 is 2.00 bits per heavy atom. The summed E-state index contributed by atoms with van der Waals surface area (Å²) in [6.45, 7) is 9.65. The molecule has 0 N–H and O–H groups in total. The minimum Gasteiger partial charge on any atom is -0.161 e. The molecule has 0 aliphatic heterocycles. The van der Waals surface area contributed by atoms with Crippen molar-refractivity contribution in [3.05, 3.63) is 0 Å². The van der Waals surface area contributed by atoms with E-state index < -0.39 is 0 Å². The van der Waals surface area contributed by atoms with Gasteiger partial charge in [-0.2, -0.15) is 11.8 Å². The molecule has 2 unspecified atom stereocenters. The molecule has 1 fully saturated rings. The molecule has 0 aromatic heterocycles. The van der Waals surface area contributed by atoms with Gasteiger partial charge in [-0.25, -0.2) is 0 Å². The first-order valence-electron chi connectivity index (χ1n) is 5.56. The standard InChI is InChI=1S/C12H24S/c1-6-7-10-8-9(2)12(3,4)11(10)13-5/h9-11H,6-8H2,1-5H3/t9?,10-,11?/m0/s1. The lowest BCUT2D eigenvalue weighted by Crippen LogP contribution is -2.28. The number of rotatable bonds is 3. The second-order valence-electron chi connectivity index (χ2n) is 5.16. The molecule has 1 aliphatic carbocycles. The lowest BCUT2D eigenvalue weighted by atomic mass is 9.82. The molecule has 0 amide bonds. The maximum absolute atomic E-state index is 2.45. The Morgan fingerprint density at radius 1 is 1.38 bits per heavy atom. The highest BCUT2D eigenvalue weighted by molar-refractivity contribution is 7.99. The predicted octanol–water partition coefficient (Wildman–Crippen LogP) is 4.20. The van der Waals surface area contributed by atoms with Gasteiger partial charge < -0.3 is 0 Å². The summed E-state index contributed by atoms with van der Waals surface area (Å²) in [6.07, 6.45) is 6.52. The molecule has 78 valence electrons. The van der Waals surface area contributed by atoms with Crippen LogP contribution in [0.2, 0.25) is 0 Å². The Bertz CT molecular complexity index is 163. The second kappa shape index (κ2) is 4.25. The van der Waals surface area contributed by atoms with Crippen LogP contribution in [0.4, 0.5) is 0 Å². The van der Waals surface area contributed by atoms with Crippen molar-refractivity contribution in [1.82, 2.24) is 0 Å². The van der Waals surface area contributed by atoms with Gasteiger partial charge in [0.1, 0.15) is 0 Å². The summed E-state index contributed by atoms with van der Waals surface area (Å²) in [5, 5.41) is 0.891. The Balaban J connectivity index is 2.70. The molecule has 0 aromatic rings. The van der Waals surface area contributed by atoms with Gasteiger partial charge in [-0.15, -0.1) is 0 Å². The van der Waals surface area contributed by atoms with Crippen LogP contribution in [0.3, 0.4) is 0 Å². The zero-order valence-electron chi connectivity index (χ0n) is 9.76. The van der Waals surface area contributed by atoms with Crippen molar-refractivity contribution in [1.29, 1.82) is 0 Å². The zero-order chi connectivity index (χ0) is 10.1. The molecule has 1 aliphatic rings. The van der Waals surface area contributed by atoms with Gasteiger partial charge in [0, 0.05) is 5.25 Å². The third-order valence-corrected chi connectivity index (χ3v) is 5.50. The quantitative estimate of drug-likeness (QED) is 0.658. The molecule has 0 aromatic carbocycles. The minimum absolute atomic E-state index is 0.555. The highest BCUT2D eigenvalue weighted by Crippen LogP contribution is 2.52. The predicted molar refractivity (Wildman–Crippen MR) is 63.3 cm³/mol. The van der Waals surface area contributed by atoms with Crippen LogP contribution in [0, 0.1) is 17.3 Å². The molecule has 0 heterocycles. The maximum Gasteiger partial charge on any atom is 0.0126 e. The van der Waals surface area contributed by atoms with Crippen LogP contribution in [-0.2, 0) is 0 Å². The average Bonchev–Trinajstić information content (AvgIpc) is 2.24. The van der Waals surface area contributed by atoms with Crippen LogP contribution in [0.15, 0.2) is 0 Å². The fourth-order valence-electron chi connectivity index (χ4n) is 2.91. The average molecular weight is 200 g/mol. The molecule has 0 saturated heterocycles. The Morgan fingerprint density at radius 3 is 2.46 bits per heavy atom. The fraction of sp³-hybridized carbons (Fsp3) is 1.00. The van der Waals surface area contributed by atoms with Gasteiger partial charge in [0.2, 0.25) is 0 Å². The van der Waals surface area contributed by atoms with Crippen molar-refractivity contribution >= 4 is 11.8 Å². The van der Waals surface area contributed by atoms with Crippen LogP contribution < -0.4 is 0 Å². The summed E-state index contributed by atoms with van der Waals surface area (Å²) in [5.74, 6) is 1.88. The Hall–Kier alpha value is 0.350. The fourth-order valence-corrected chi connectivity index (χ4v) is 4.38. The smallest absolute Gasteiger partial charge is 0.0126 e. The number of hydrogen-bond acceptors (Lipinski definition) is 1. The first kappa shape index (κ1) is 11.4. The molecule has 13 heavy (non-hydrogen) atoms. The number of hydrogen-bond donors (Lipinski definition) is 0. The lowest BCUT2D eigenvalue weighted by Gasteiger charge is -2.31. The normalized spacial score (nSPS) is 38.1. The van der Waals surface area contributed by atoms with Crippen LogP contribution >= 0.6 is 11.8 Å². The van der Waals surface area contributed by atoms with Gasteiger partial charge in [0.05, 0.1) is 0 Å². The molecule has 0 spiro atoms. The van der Waals surface area contributed by atoms with E-state index in [9.17, 15) is 0 Å². The highest BCUT2D eigenvalue weighted by atomic mass is 32.2. The molecule has 0 radical (unpaired) electrons. The monoisotopic (exact) mass is 200 g/mol. The van der Waals surface area contributed by atoms with Gasteiger partial charge in [0.15, 0.2) is 0 Å². The maximum atomic E-state index is 2.45. The van der Waals surface area contributed by atoms with E-state index in [2.05, 4.69) is 45.7 Å². The van der Waals surface area contributed by atoms with E-state index >= 15 is 0 Å². The Labute approximate surface area is 87.9 Å².